The fourth-order valence-corrected chi connectivity index (χ4v) is 2.49. The van der Waals surface area contributed by atoms with Crippen LogP contribution in [0.5, 0.6) is 0 Å². The van der Waals surface area contributed by atoms with Crippen molar-refractivity contribution >= 4 is 6.09 Å². The van der Waals surface area contributed by atoms with Crippen molar-refractivity contribution in [3.05, 3.63) is 48.6 Å². The second kappa shape index (κ2) is 6.98. The molecule has 0 bridgehead atoms. The maximum Gasteiger partial charge on any atom is 0.410 e. The van der Waals surface area contributed by atoms with E-state index in [0.29, 0.717) is 12.6 Å². The Morgan fingerprint density at radius 2 is 2.21 bits per heavy atom. The zero-order valence-corrected chi connectivity index (χ0v) is 11.3. The molecule has 0 N–H and O–H groups in total. The van der Waals surface area contributed by atoms with E-state index >= 15 is 0 Å². The topological polar surface area (TPSA) is 29.5 Å². The van der Waals surface area contributed by atoms with Crippen LogP contribution in [0.2, 0.25) is 0 Å². The molecule has 3 heteroatoms. The van der Waals surface area contributed by atoms with Gasteiger partial charge in [-0.1, -0.05) is 36.4 Å². The highest BCUT2D eigenvalue weighted by atomic mass is 16.6. The minimum Gasteiger partial charge on any atom is -0.445 e. The summed E-state index contributed by atoms with van der Waals surface area (Å²) >= 11 is 0. The van der Waals surface area contributed by atoms with Crippen LogP contribution in [0.15, 0.2) is 43.0 Å². The van der Waals surface area contributed by atoms with Crippen molar-refractivity contribution in [3.8, 4) is 0 Å². The highest BCUT2D eigenvalue weighted by Crippen LogP contribution is 2.22. The van der Waals surface area contributed by atoms with Gasteiger partial charge in [-0.15, -0.1) is 6.58 Å². The molecule has 0 spiro atoms. The third-order valence-electron chi connectivity index (χ3n) is 3.52. The number of hydrogen-bond donors (Lipinski definition) is 0. The van der Waals surface area contributed by atoms with Crippen molar-refractivity contribution in [2.45, 2.75) is 38.3 Å². The smallest absolute Gasteiger partial charge is 0.410 e. The molecule has 0 saturated carbocycles. The van der Waals surface area contributed by atoms with Gasteiger partial charge in [0, 0.05) is 12.6 Å². The van der Waals surface area contributed by atoms with E-state index in [1.54, 1.807) is 0 Å². The summed E-state index contributed by atoms with van der Waals surface area (Å²) in [5, 5.41) is 0. The van der Waals surface area contributed by atoms with Crippen molar-refractivity contribution in [1.29, 1.82) is 0 Å². The van der Waals surface area contributed by atoms with Gasteiger partial charge in [0.15, 0.2) is 0 Å². The SMILES string of the molecule is C=CCC[C@@H]1CCCN1C(=O)OCc1ccccc1. The molecule has 102 valence electrons. The molecule has 1 saturated heterocycles. The average molecular weight is 259 g/mol. The fourth-order valence-electron chi connectivity index (χ4n) is 2.49. The predicted molar refractivity (Wildman–Crippen MR) is 75.8 cm³/mol. The molecule has 0 aliphatic carbocycles. The van der Waals surface area contributed by atoms with Gasteiger partial charge in [-0.25, -0.2) is 4.79 Å². The van der Waals surface area contributed by atoms with E-state index < -0.39 is 0 Å². The highest BCUT2D eigenvalue weighted by Gasteiger charge is 2.28. The zero-order valence-electron chi connectivity index (χ0n) is 11.3. The Morgan fingerprint density at radius 3 is 2.95 bits per heavy atom. The van der Waals surface area contributed by atoms with Gasteiger partial charge in [-0.05, 0) is 31.2 Å². The van der Waals surface area contributed by atoms with Crippen LogP contribution in [0.1, 0.15) is 31.2 Å². The first-order valence-electron chi connectivity index (χ1n) is 6.89. The number of ether oxygens (including phenoxy) is 1. The van der Waals surface area contributed by atoms with Crippen molar-refractivity contribution in [1.82, 2.24) is 4.90 Å². The Morgan fingerprint density at radius 1 is 1.42 bits per heavy atom. The predicted octanol–water partition coefficient (Wildman–Crippen LogP) is 3.75. The molecule has 1 aromatic carbocycles. The van der Waals surface area contributed by atoms with Crippen LogP contribution in [0.4, 0.5) is 4.79 Å². The molecule has 1 fully saturated rings. The number of likely N-dealkylation sites (tertiary alicyclic amines) is 1. The quantitative estimate of drug-likeness (QED) is 0.754. The lowest BCUT2D eigenvalue weighted by Crippen LogP contribution is -2.35. The Balaban J connectivity index is 1.83. The Bertz CT molecular complexity index is 416. The van der Waals surface area contributed by atoms with Gasteiger partial charge >= 0.3 is 6.09 Å². The van der Waals surface area contributed by atoms with E-state index in [0.717, 1.165) is 37.8 Å². The normalized spacial score (nSPS) is 18.3. The molecular weight excluding hydrogens is 238 g/mol. The lowest BCUT2D eigenvalue weighted by atomic mass is 10.1. The first kappa shape index (κ1) is 13.7. The molecular formula is C16H21NO2. The molecule has 1 amide bonds. The first-order valence-corrected chi connectivity index (χ1v) is 6.89. The second-order valence-corrected chi connectivity index (χ2v) is 4.90. The lowest BCUT2D eigenvalue weighted by molar-refractivity contribution is 0.0910. The van der Waals surface area contributed by atoms with Crippen LogP contribution in [-0.4, -0.2) is 23.6 Å². The van der Waals surface area contributed by atoms with Crippen LogP contribution in [-0.2, 0) is 11.3 Å². The van der Waals surface area contributed by atoms with Crippen LogP contribution in [0.25, 0.3) is 0 Å². The summed E-state index contributed by atoms with van der Waals surface area (Å²) in [6.07, 6.45) is 5.81. The Kier molecular flexibility index (Phi) is 5.01. The molecule has 1 aliphatic rings. The molecule has 1 aliphatic heterocycles. The third-order valence-corrected chi connectivity index (χ3v) is 3.52. The van der Waals surface area contributed by atoms with E-state index in [1.165, 1.54) is 0 Å². The molecule has 2 rings (SSSR count). The van der Waals surface area contributed by atoms with Crippen molar-refractivity contribution < 1.29 is 9.53 Å². The van der Waals surface area contributed by atoms with E-state index in [1.807, 2.05) is 41.3 Å². The van der Waals surface area contributed by atoms with E-state index in [9.17, 15) is 4.79 Å². The summed E-state index contributed by atoms with van der Waals surface area (Å²) in [5.74, 6) is 0. The molecule has 0 radical (unpaired) electrons. The molecule has 1 heterocycles. The number of amides is 1. The van der Waals surface area contributed by atoms with Gasteiger partial charge in [0.05, 0.1) is 0 Å². The third kappa shape index (κ3) is 3.85. The van der Waals surface area contributed by atoms with Gasteiger partial charge in [0.1, 0.15) is 6.61 Å². The van der Waals surface area contributed by atoms with Crippen LogP contribution in [0, 0.1) is 0 Å². The zero-order chi connectivity index (χ0) is 13.5. The molecule has 0 aromatic heterocycles. The summed E-state index contributed by atoms with van der Waals surface area (Å²) in [7, 11) is 0. The summed E-state index contributed by atoms with van der Waals surface area (Å²) in [5.41, 5.74) is 1.03. The fraction of sp³-hybridized carbons (Fsp3) is 0.438. The number of nitrogens with zero attached hydrogens (tertiary/aromatic N) is 1. The van der Waals surface area contributed by atoms with Gasteiger partial charge in [-0.3, -0.25) is 0 Å². The van der Waals surface area contributed by atoms with Crippen molar-refractivity contribution in [3.63, 3.8) is 0 Å². The van der Waals surface area contributed by atoms with E-state index in [-0.39, 0.29) is 6.09 Å². The Hall–Kier alpha value is -1.77. The average Bonchev–Trinajstić information content (AvgIpc) is 2.92. The molecule has 1 aromatic rings. The summed E-state index contributed by atoms with van der Waals surface area (Å²) in [6.45, 7) is 4.90. The monoisotopic (exact) mass is 259 g/mol. The molecule has 1 atom stereocenters. The number of hydrogen-bond acceptors (Lipinski definition) is 2. The minimum atomic E-state index is -0.185. The molecule has 0 unspecified atom stereocenters. The minimum absolute atomic E-state index is 0.185. The summed E-state index contributed by atoms with van der Waals surface area (Å²) in [4.78, 5) is 13.9. The van der Waals surface area contributed by atoms with Gasteiger partial charge in [-0.2, -0.15) is 0 Å². The standard InChI is InChI=1S/C16H21NO2/c1-2-3-10-15-11-7-12-17(15)16(18)19-13-14-8-5-4-6-9-14/h2,4-6,8-9,15H,1,3,7,10-13H2/t15-/m1/s1. The molecule has 3 nitrogen and oxygen atoms in total. The molecule has 19 heavy (non-hydrogen) atoms. The number of allylic oxidation sites excluding steroid dienone is 1. The maximum absolute atomic E-state index is 12.1. The van der Waals surface area contributed by atoms with Crippen LogP contribution >= 0.6 is 0 Å². The van der Waals surface area contributed by atoms with E-state index in [4.69, 9.17) is 4.74 Å². The number of rotatable bonds is 5. The Labute approximate surface area is 114 Å². The summed E-state index contributed by atoms with van der Waals surface area (Å²) in [6, 6.07) is 10.1. The van der Waals surface area contributed by atoms with Crippen molar-refractivity contribution in [2.24, 2.45) is 0 Å². The van der Waals surface area contributed by atoms with Crippen LogP contribution < -0.4 is 0 Å². The van der Waals surface area contributed by atoms with Gasteiger partial charge in [0.25, 0.3) is 0 Å². The van der Waals surface area contributed by atoms with Crippen LogP contribution in [0.3, 0.4) is 0 Å². The van der Waals surface area contributed by atoms with Gasteiger partial charge < -0.3 is 9.64 Å². The first-order chi connectivity index (χ1) is 9.31. The maximum atomic E-state index is 12.1. The van der Waals surface area contributed by atoms with Gasteiger partial charge in [0.2, 0.25) is 0 Å². The number of carbonyl (C=O) groups excluding carboxylic acids is 1. The summed E-state index contributed by atoms with van der Waals surface area (Å²) < 4.78 is 5.38. The lowest BCUT2D eigenvalue weighted by Gasteiger charge is -2.23. The number of benzene rings is 1. The van der Waals surface area contributed by atoms with E-state index in [2.05, 4.69) is 6.58 Å². The highest BCUT2D eigenvalue weighted by molar-refractivity contribution is 5.68. The number of carbonyl (C=O) groups is 1. The van der Waals surface area contributed by atoms with Crippen molar-refractivity contribution in [2.75, 3.05) is 6.54 Å². The largest absolute Gasteiger partial charge is 0.445 e. The second-order valence-electron chi connectivity index (χ2n) is 4.90.